The summed E-state index contributed by atoms with van der Waals surface area (Å²) in [5, 5.41) is 1.09. The van der Waals surface area contributed by atoms with E-state index in [2.05, 4.69) is 15.9 Å². The van der Waals surface area contributed by atoms with E-state index in [9.17, 15) is 16.8 Å². The summed E-state index contributed by atoms with van der Waals surface area (Å²) < 4.78 is 51.8. The topological polar surface area (TPSA) is 71.5 Å². The Kier molecular flexibility index (Phi) is 5.15. The SMILES string of the molecule is O=S1(=O)C=C[C@H](N(Cc2ccccc2)S(=O)(=O)c2ccc(Br)cc2)C1. The molecule has 8 heteroatoms. The third-order valence-corrected chi connectivity index (χ3v) is 7.67. The first-order valence-electron chi connectivity index (χ1n) is 7.50. The van der Waals surface area contributed by atoms with Crippen LogP contribution in [-0.2, 0) is 26.4 Å². The maximum atomic E-state index is 13.1. The van der Waals surface area contributed by atoms with Gasteiger partial charge in [0.05, 0.1) is 16.7 Å². The van der Waals surface area contributed by atoms with Crippen LogP contribution in [0.25, 0.3) is 0 Å². The van der Waals surface area contributed by atoms with Crippen molar-refractivity contribution in [1.29, 1.82) is 0 Å². The van der Waals surface area contributed by atoms with Gasteiger partial charge in [0.1, 0.15) is 0 Å². The summed E-state index contributed by atoms with van der Waals surface area (Å²) in [5.41, 5.74) is 0.792. The highest BCUT2D eigenvalue weighted by atomic mass is 79.9. The molecule has 0 radical (unpaired) electrons. The molecular formula is C17H16BrNO4S2. The largest absolute Gasteiger partial charge is 0.243 e. The van der Waals surface area contributed by atoms with Gasteiger partial charge in [-0.25, -0.2) is 16.8 Å². The molecular weight excluding hydrogens is 426 g/mol. The van der Waals surface area contributed by atoms with E-state index in [4.69, 9.17) is 0 Å². The minimum atomic E-state index is -3.85. The number of halogens is 1. The van der Waals surface area contributed by atoms with Gasteiger partial charge in [-0.15, -0.1) is 0 Å². The molecule has 0 N–H and O–H groups in total. The van der Waals surface area contributed by atoms with Crippen LogP contribution in [0, 0.1) is 0 Å². The van der Waals surface area contributed by atoms with Gasteiger partial charge in [0.15, 0.2) is 9.84 Å². The highest BCUT2D eigenvalue weighted by Gasteiger charge is 2.35. The Hall–Kier alpha value is -1.48. The van der Waals surface area contributed by atoms with Crippen LogP contribution in [0.1, 0.15) is 5.56 Å². The minimum absolute atomic E-state index is 0.101. The quantitative estimate of drug-likeness (QED) is 0.714. The molecule has 25 heavy (non-hydrogen) atoms. The number of hydrogen-bond acceptors (Lipinski definition) is 4. The third kappa shape index (κ3) is 4.20. The van der Waals surface area contributed by atoms with Crippen molar-refractivity contribution in [3.8, 4) is 0 Å². The number of benzene rings is 2. The summed E-state index contributed by atoms with van der Waals surface area (Å²) in [7, 11) is -7.23. The van der Waals surface area contributed by atoms with Crippen molar-refractivity contribution in [2.24, 2.45) is 0 Å². The standard InChI is InChI=1S/C17H16BrNO4S2/c18-15-6-8-17(9-7-15)25(22,23)19(12-14-4-2-1-3-5-14)16-10-11-24(20,21)13-16/h1-11,16H,12-13H2/t16-/m0/s1. The van der Waals surface area contributed by atoms with Crippen LogP contribution < -0.4 is 0 Å². The number of sulfonamides is 1. The molecule has 1 atom stereocenters. The number of sulfone groups is 1. The Morgan fingerprint density at radius 1 is 1.04 bits per heavy atom. The Bertz CT molecular complexity index is 985. The Balaban J connectivity index is 2.01. The second-order valence-electron chi connectivity index (χ2n) is 5.72. The van der Waals surface area contributed by atoms with Gasteiger partial charge in [-0.3, -0.25) is 0 Å². The van der Waals surface area contributed by atoms with E-state index in [1.807, 2.05) is 30.3 Å². The summed E-state index contributed by atoms with van der Waals surface area (Å²) in [6, 6.07) is 14.7. The lowest BCUT2D eigenvalue weighted by Crippen LogP contribution is -2.40. The average Bonchev–Trinajstić information content (AvgIpc) is 2.93. The lowest BCUT2D eigenvalue weighted by Gasteiger charge is -2.27. The first kappa shape index (κ1) is 18.3. The first-order valence-corrected chi connectivity index (χ1v) is 11.5. The molecule has 0 amide bonds. The van der Waals surface area contributed by atoms with E-state index in [0.717, 1.165) is 15.4 Å². The van der Waals surface area contributed by atoms with E-state index >= 15 is 0 Å². The van der Waals surface area contributed by atoms with Gasteiger partial charge in [0.2, 0.25) is 10.0 Å². The van der Waals surface area contributed by atoms with E-state index in [-0.39, 0.29) is 17.2 Å². The zero-order chi connectivity index (χ0) is 18.1. The normalized spacial score (nSPS) is 19.4. The predicted octanol–water partition coefficient (Wildman–Crippen LogP) is 2.95. The summed E-state index contributed by atoms with van der Waals surface area (Å²) in [4.78, 5) is 0.129. The lowest BCUT2D eigenvalue weighted by atomic mass is 10.2. The molecule has 0 aliphatic carbocycles. The van der Waals surface area contributed by atoms with E-state index in [0.29, 0.717) is 0 Å². The molecule has 1 heterocycles. The molecule has 0 bridgehead atoms. The highest BCUT2D eigenvalue weighted by molar-refractivity contribution is 9.10. The molecule has 2 aromatic carbocycles. The molecule has 3 rings (SSSR count). The molecule has 1 aliphatic rings. The van der Waals surface area contributed by atoms with Crippen LogP contribution in [0.4, 0.5) is 0 Å². The van der Waals surface area contributed by atoms with E-state index in [1.165, 1.54) is 22.5 Å². The van der Waals surface area contributed by atoms with E-state index < -0.39 is 25.9 Å². The molecule has 132 valence electrons. The van der Waals surface area contributed by atoms with Crippen LogP contribution in [0.3, 0.4) is 0 Å². The monoisotopic (exact) mass is 441 g/mol. The predicted molar refractivity (Wildman–Crippen MR) is 100 cm³/mol. The van der Waals surface area contributed by atoms with Gasteiger partial charge in [-0.05, 0) is 29.8 Å². The molecule has 0 saturated carbocycles. The lowest BCUT2D eigenvalue weighted by molar-refractivity contribution is 0.375. The van der Waals surface area contributed by atoms with Gasteiger partial charge in [0.25, 0.3) is 0 Å². The van der Waals surface area contributed by atoms with Crippen LogP contribution in [0.15, 0.2) is 75.4 Å². The molecule has 5 nitrogen and oxygen atoms in total. The Labute approximate surface area is 156 Å². The Morgan fingerprint density at radius 3 is 2.24 bits per heavy atom. The fourth-order valence-corrected chi connectivity index (χ4v) is 5.85. The van der Waals surface area contributed by atoms with Crippen LogP contribution in [-0.4, -0.2) is 32.9 Å². The van der Waals surface area contributed by atoms with Crippen molar-refractivity contribution < 1.29 is 16.8 Å². The number of nitrogens with zero attached hydrogens (tertiary/aromatic N) is 1. The molecule has 2 aromatic rings. The first-order chi connectivity index (χ1) is 11.8. The smallest absolute Gasteiger partial charge is 0.224 e. The maximum absolute atomic E-state index is 13.1. The number of hydrogen-bond donors (Lipinski definition) is 0. The molecule has 0 spiro atoms. The van der Waals surface area contributed by atoms with Gasteiger partial charge < -0.3 is 0 Å². The maximum Gasteiger partial charge on any atom is 0.243 e. The van der Waals surface area contributed by atoms with Crippen LogP contribution in [0.2, 0.25) is 0 Å². The van der Waals surface area contributed by atoms with Gasteiger partial charge in [-0.1, -0.05) is 52.3 Å². The van der Waals surface area contributed by atoms with Crippen molar-refractivity contribution in [3.63, 3.8) is 0 Å². The molecule has 1 aliphatic heterocycles. The number of rotatable bonds is 5. The van der Waals surface area contributed by atoms with Gasteiger partial charge >= 0.3 is 0 Å². The Morgan fingerprint density at radius 2 is 1.68 bits per heavy atom. The highest BCUT2D eigenvalue weighted by Crippen LogP contribution is 2.26. The second kappa shape index (κ2) is 7.03. The third-order valence-electron chi connectivity index (χ3n) is 3.88. The summed E-state index contributed by atoms with van der Waals surface area (Å²) >= 11 is 3.29. The van der Waals surface area contributed by atoms with Gasteiger partial charge in [0, 0.05) is 16.4 Å². The van der Waals surface area contributed by atoms with Gasteiger partial charge in [-0.2, -0.15) is 4.31 Å². The van der Waals surface area contributed by atoms with Crippen LogP contribution >= 0.6 is 15.9 Å². The fourth-order valence-electron chi connectivity index (χ4n) is 2.62. The summed E-state index contributed by atoms with van der Waals surface area (Å²) in [6.07, 6.45) is 1.44. The van der Waals surface area contributed by atoms with Crippen molar-refractivity contribution in [1.82, 2.24) is 4.31 Å². The minimum Gasteiger partial charge on any atom is -0.224 e. The van der Waals surface area contributed by atoms with Crippen molar-refractivity contribution in [3.05, 3.63) is 76.1 Å². The zero-order valence-electron chi connectivity index (χ0n) is 13.1. The molecule has 0 saturated heterocycles. The zero-order valence-corrected chi connectivity index (χ0v) is 16.3. The van der Waals surface area contributed by atoms with Crippen LogP contribution in [0.5, 0.6) is 0 Å². The fraction of sp³-hybridized carbons (Fsp3) is 0.176. The summed E-state index contributed by atoms with van der Waals surface area (Å²) in [6.45, 7) is 0.101. The van der Waals surface area contributed by atoms with Crippen molar-refractivity contribution in [2.75, 3.05) is 5.75 Å². The van der Waals surface area contributed by atoms with Crippen molar-refractivity contribution >= 4 is 35.8 Å². The summed E-state index contributed by atoms with van der Waals surface area (Å²) in [5.74, 6) is -0.240. The second-order valence-corrected chi connectivity index (χ2v) is 10.5. The molecule has 0 aromatic heterocycles. The molecule has 0 fully saturated rings. The van der Waals surface area contributed by atoms with E-state index in [1.54, 1.807) is 12.1 Å². The van der Waals surface area contributed by atoms with Crippen molar-refractivity contribution in [2.45, 2.75) is 17.5 Å². The average molecular weight is 442 g/mol. The molecule has 0 unspecified atom stereocenters.